The number of ether oxygens (including phenoxy) is 2. The molecule has 1 aromatic rings. The van der Waals surface area contributed by atoms with E-state index in [2.05, 4.69) is 16.4 Å². The Kier molecular flexibility index (Phi) is 8.71. The molecule has 27 heavy (non-hydrogen) atoms. The van der Waals surface area contributed by atoms with Crippen molar-refractivity contribution < 1.29 is 27.0 Å². The lowest BCUT2D eigenvalue weighted by Gasteiger charge is -2.35. The monoisotopic (exact) mass is 390 g/mol. The van der Waals surface area contributed by atoms with Crippen molar-refractivity contribution in [2.75, 3.05) is 14.0 Å². The summed E-state index contributed by atoms with van der Waals surface area (Å²) in [6, 6.07) is 2.25. The second-order valence-corrected chi connectivity index (χ2v) is 7.68. The van der Waals surface area contributed by atoms with E-state index in [9.17, 15) is 17.6 Å². The zero-order valence-electron chi connectivity index (χ0n) is 16.2. The van der Waals surface area contributed by atoms with Gasteiger partial charge in [-0.3, -0.25) is 0 Å². The van der Waals surface area contributed by atoms with Gasteiger partial charge in [0, 0.05) is 0 Å². The van der Waals surface area contributed by atoms with Crippen LogP contribution < -0.4 is 9.47 Å². The van der Waals surface area contributed by atoms with E-state index in [1.807, 2.05) is 0 Å². The van der Waals surface area contributed by atoms with Gasteiger partial charge in [-0.1, -0.05) is 19.8 Å². The predicted molar refractivity (Wildman–Crippen MR) is 97.5 cm³/mol. The zero-order chi connectivity index (χ0) is 19.8. The van der Waals surface area contributed by atoms with E-state index in [0.717, 1.165) is 42.7 Å². The van der Waals surface area contributed by atoms with Gasteiger partial charge in [-0.15, -0.1) is 0 Å². The first-order chi connectivity index (χ1) is 13.0. The van der Waals surface area contributed by atoms with Crippen molar-refractivity contribution in [3.63, 3.8) is 0 Å². The van der Waals surface area contributed by atoms with E-state index < -0.39 is 30.4 Å². The number of alkyl halides is 2. The maximum atomic E-state index is 13.0. The van der Waals surface area contributed by atoms with Crippen molar-refractivity contribution >= 4 is 0 Å². The second kappa shape index (κ2) is 10.8. The van der Waals surface area contributed by atoms with E-state index in [-0.39, 0.29) is 5.75 Å². The first-order valence-electron chi connectivity index (χ1n) is 9.81. The molecule has 0 spiro atoms. The van der Waals surface area contributed by atoms with Crippen LogP contribution in [-0.4, -0.2) is 20.1 Å². The minimum atomic E-state index is -1.25. The van der Waals surface area contributed by atoms with Crippen molar-refractivity contribution in [1.29, 1.82) is 0 Å². The largest absolute Gasteiger partial charge is 0.494 e. The summed E-state index contributed by atoms with van der Waals surface area (Å²) < 4.78 is 59.1. The number of hydrogen-bond acceptors (Lipinski definition) is 2. The lowest BCUT2D eigenvalue weighted by atomic mass is 9.71. The molecule has 2 aliphatic carbocycles. The fraction of sp³-hybridized carbons (Fsp3) is 0.714. The van der Waals surface area contributed by atoms with Crippen molar-refractivity contribution in [3.05, 3.63) is 23.8 Å². The molecular formula is C21H30F4O2. The highest BCUT2D eigenvalue weighted by molar-refractivity contribution is 5.34. The Morgan fingerprint density at radius 2 is 1.33 bits per heavy atom. The highest BCUT2D eigenvalue weighted by atomic mass is 19.2. The summed E-state index contributed by atoms with van der Waals surface area (Å²) >= 11 is 0. The number of methoxy groups -OCH3 is 1. The van der Waals surface area contributed by atoms with Gasteiger partial charge in [-0.2, -0.15) is 8.78 Å². The summed E-state index contributed by atoms with van der Waals surface area (Å²) in [5.41, 5.74) is 0. The SMILES string of the molecule is CC1CCC(C2CCC(F)CC2)CC1.COc1ccc(OCF)c(F)c1F. The van der Waals surface area contributed by atoms with Gasteiger partial charge in [0.15, 0.2) is 11.5 Å². The van der Waals surface area contributed by atoms with Crippen LogP contribution >= 0.6 is 0 Å². The Morgan fingerprint density at radius 3 is 1.85 bits per heavy atom. The summed E-state index contributed by atoms with van der Waals surface area (Å²) in [4.78, 5) is 0. The second-order valence-electron chi connectivity index (χ2n) is 7.68. The average Bonchev–Trinajstić information content (AvgIpc) is 2.68. The van der Waals surface area contributed by atoms with Gasteiger partial charge in [0.2, 0.25) is 18.5 Å². The quantitative estimate of drug-likeness (QED) is 0.538. The third kappa shape index (κ3) is 6.28. The van der Waals surface area contributed by atoms with Crippen LogP contribution in [-0.2, 0) is 0 Å². The van der Waals surface area contributed by atoms with Crippen LogP contribution in [0.3, 0.4) is 0 Å². The third-order valence-corrected chi connectivity index (χ3v) is 5.87. The van der Waals surface area contributed by atoms with Crippen LogP contribution in [0.1, 0.15) is 58.3 Å². The van der Waals surface area contributed by atoms with Crippen LogP contribution in [0.4, 0.5) is 17.6 Å². The average molecular weight is 390 g/mol. The molecule has 0 unspecified atom stereocenters. The van der Waals surface area contributed by atoms with Crippen molar-refractivity contribution in [2.24, 2.45) is 17.8 Å². The molecule has 2 aliphatic rings. The summed E-state index contributed by atoms with van der Waals surface area (Å²) in [7, 11) is 1.20. The van der Waals surface area contributed by atoms with E-state index in [0.29, 0.717) is 0 Å². The lowest BCUT2D eigenvalue weighted by molar-refractivity contribution is 0.131. The standard InChI is InChI=1S/C13H23F.C8H7F3O2/c1-10-2-4-11(5-3-10)12-6-8-13(14)9-7-12;1-12-5-2-3-6(13-4-9)8(11)7(5)10/h10-13H,2-9H2,1H3;2-3H,4H2,1H3. The minimum Gasteiger partial charge on any atom is -0.494 e. The molecule has 0 N–H and O–H groups in total. The number of rotatable bonds is 4. The Labute approximate surface area is 159 Å². The van der Waals surface area contributed by atoms with Gasteiger partial charge in [0.25, 0.3) is 0 Å². The van der Waals surface area contributed by atoms with Crippen LogP contribution in [0.15, 0.2) is 12.1 Å². The van der Waals surface area contributed by atoms with Gasteiger partial charge in [0.05, 0.1) is 7.11 Å². The first-order valence-corrected chi connectivity index (χ1v) is 9.81. The summed E-state index contributed by atoms with van der Waals surface area (Å²) in [5, 5.41) is 0. The van der Waals surface area contributed by atoms with Crippen molar-refractivity contribution in [1.82, 2.24) is 0 Å². The molecule has 0 atom stereocenters. The Hall–Kier alpha value is -1.46. The van der Waals surface area contributed by atoms with Crippen LogP contribution in [0.2, 0.25) is 0 Å². The summed E-state index contributed by atoms with van der Waals surface area (Å²) in [5.74, 6) is -0.396. The molecule has 6 heteroatoms. The van der Waals surface area contributed by atoms with Gasteiger partial charge in [0.1, 0.15) is 6.17 Å². The highest BCUT2D eigenvalue weighted by Gasteiger charge is 2.29. The third-order valence-electron chi connectivity index (χ3n) is 5.87. The molecule has 0 aromatic heterocycles. The topological polar surface area (TPSA) is 18.5 Å². The number of benzene rings is 1. The molecule has 0 aliphatic heterocycles. The molecule has 0 heterocycles. The summed E-state index contributed by atoms with van der Waals surface area (Å²) in [6.45, 7) is 1.16. The molecule has 0 radical (unpaired) electrons. The first kappa shape index (κ1) is 21.8. The zero-order valence-corrected chi connectivity index (χ0v) is 16.2. The van der Waals surface area contributed by atoms with E-state index >= 15 is 0 Å². The molecule has 1 aromatic carbocycles. The van der Waals surface area contributed by atoms with Crippen molar-refractivity contribution in [3.8, 4) is 11.5 Å². The smallest absolute Gasteiger partial charge is 0.228 e. The van der Waals surface area contributed by atoms with Crippen molar-refractivity contribution in [2.45, 2.75) is 64.5 Å². The van der Waals surface area contributed by atoms with Crippen LogP contribution in [0, 0.1) is 29.4 Å². The highest BCUT2D eigenvalue weighted by Crippen LogP contribution is 2.40. The molecule has 0 saturated heterocycles. The fourth-order valence-corrected chi connectivity index (χ4v) is 4.15. The maximum absolute atomic E-state index is 13.0. The fourth-order valence-electron chi connectivity index (χ4n) is 4.15. The molecule has 2 fully saturated rings. The van der Waals surface area contributed by atoms with E-state index in [4.69, 9.17) is 0 Å². The van der Waals surface area contributed by atoms with E-state index in [1.165, 1.54) is 45.6 Å². The molecule has 2 nitrogen and oxygen atoms in total. The summed E-state index contributed by atoms with van der Waals surface area (Å²) in [6.07, 6.45) is 9.22. The van der Waals surface area contributed by atoms with Gasteiger partial charge >= 0.3 is 0 Å². The Bertz CT molecular complexity index is 546. The molecule has 3 rings (SSSR count). The van der Waals surface area contributed by atoms with Crippen LogP contribution in [0.25, 0.3) is 0 Å². The maximum Gasteiger partial charge on any atom is 0.228 e. The minimum absolute atomic E-state index is 0.247. The van der Waals surface area contributed by atoms with Gasteiger partial charge < -0.3 is 9.47 Å². The predicted octanol–water partition coefficient (Wildman–Crippen LogP) is 6.62. The molecule has 0 bridgehead atoms. The van der Waals surface area contributed by atoms with Gasteiger partial charge in [-0.05, 0) is 68.4 Å². The molecule has 154 valence electrons. The molecule has 2 saturated carbocycles. The van der Waals surface area contributed by atoms with Crippen LogP contribution in [0.5, 0.6) is 11.5 Å². The number of hydrogen-bond donors (Lipinski definition) is 0. The number of halogens is 4. The Morgan fingerprint density at radius 1 is 0.852 bits per heavy atom. The van der Waals surface area contributed by atoms with E-state index in [1.54, 1.807) is 0 Å². The normalized spacial score (nSPS) is 28.1. The Balaban J connectivity index is 0.000000194. The lowest BCUT2D eigenvalue weighted by Crippen LogP contribution is -2.25. The molecular weight excluding hydrogens is 360 g/mol. The van der Waals surface area contributed by atoms with Gasteiger partial charge in [-0.25, -0.2) is 8.78 Å². The molecule has 0 amide bonds.